The molecule has 3 rings (SSSR count). The Balaban J connectivity index is 0.00000300. The highest BCUT2D eigenvalue weighted by Crippen LogP contribution is 2.27. The first-order chi connectivity index (χ1) is 13.6. The van der Waals surface area contributed by atoms with Crippen molar-refractivity contribution in [1.82, 2.24) is 15.2 Å². The summed E-state index contributed by atoms with van der Waals surface area (Å²) in [6.07, 6.45) is 1.88. The van der Waals surface area contributed by atoms with Crippen LogP contribution in [0.15, 0.2) is 29.3 Å². The molecule has 1 aliphatic heterocycles. The summed E-state index contributed by atoms with van der Waals surface area (Å²) in [6, 6.07) is 7.55. The van der Waals surface area contributed by atoms with Crippen molar-refractivity contribution in [3.8, 4) is 5.75 Å². The summed E-state index contributed by atoms with van der Waals surface area (Å²) in [5, 5.41) is 14.7. The Kier molecular flexibility index (Phi) is 9.48. The lowest BCUT2D eigenvalue weighted by Crippen LogP contribution is -2.52. The number of aromatic nitrogens is 1. The summed E-state index contributed by atoms with van der Waals surface area (Å²) in [4.78, 5) is 15.4. The van der Waals surface area contributed by atoms with Crippen molar-refractivity contribution in [3.63, 3.8) is 0 Å². The second-order valence-electron chi connectivity index (χ2n) is 6.91. The molecule has 0 atom stereocenters. The lowest BCUT2D eigenvalue weighted by Gasteiger charge is -2.37. The van der Waals surface area contributed by atoms with E-state index in [9.17, 15) is 5.11 Å². The summed E-state index contributed by atoms with van der Waals surface area (Å²) in [5.41, 5.74) is 2.13. The van der Waals surface area contributed by atoms with E-state index in [1.54, 1.807) is 17.4 Å². The van der Waals surface area contributed by atoms with Crippen molar-refractivity contribution >= 4 is 47.0 Å². The number of aromatic hydroxyl groups is 1. The Bertz CT molecular complexity index is 802. The molecule has 1 aliphatic rings. The van der Waals surface area contributed by atoms with Gasteiger partial charge in [-0.15, -0.1) is 35.3 Å². The number of phenolic OH excluding ortho intramolecular Hbond substituents is 1. The van der Waals surface area contributed by atoms with Gasteiger partial charge in [-0.3, -0.25) is 4.99 Å². The van der Waals surface area contributed by atoms with Gasteiger partial charge in [0.2, 0.25) is 0 Å². The fourth-order valence-corrected chi connectivity index (χ4v) is 4.51. The normalized spacial score (nSPS) is 14.7. The molecule has 1 aromatic carbocycles. The maximum atomic E-state index is 10.1. The number of phenols is 1. The highest BCUT2D eigenvalue weighted by Gasteiger charge is 2.21. The fourth-order valence-electron chi connectivity index (χ4n) is 3.50. The van der Waals surface area contributed by atoms with Crippen LogP contribution < -0.4 is 10.2 Å². The summed E-state index contributed by atoms with van der Waals surface area (Å²) >= 11 is 1.79. The Morgan fingerprint density at radius 3 is 2.55 bits per heavy atom. The van der Waals surface area contributed by atoms with E-state index in [1.165, 1.54) is 15.6 Å². The van der Waals surface area contributed by atoms with Crippen LogP contribution in [0.2, 0.25) is 0 Å². The van der Waals surface area contributed by atoms with Crippen molar-refractivity contribution in [1.29, 1.82) is 0 Å². The SMILES string of the molecule is CCNC(=NCCc1nc(CC)c(C)s1)N1CCN(c2ccccc2O)CC1.I. The molecular weight excluding hydrogens is 497 g/mol. The number of thiazole rings is 1. The molecule has 160 valence electrons. The average molecular weight is 529 g/mol. The van der Waals surface area contributed by atoms with E-state index >= 15 is 0 Å². The molecule has 0 aliphatic carbocycles. The Morgan fingerprint density at radius 2 is 1.93 bits per heavy atom. The van der Waals surface area contributed by atoms with Gasteiger partial charge in [-0.05, 0) is 32.4 Å². The largest absolute Gasteiger partial charge is 0.506 e. The number of aryl methyl sites for hydroxylation is 2. The molecule has 1 aromatic heterocycles. The van der Waals surface area contributed by atoms with Gasteiger partial charge in [-0.1, -0.05) is 19.1 Å². The number of hydrogen-bond donors (Lipinski definition) is 2. The predicted octanol–water partition coefficient (Wildman–Crippen LogP) is 3.67. The minimum Gasteiger partial charge on any atom is -0.506 e. The second-order valence-corrected chi connectivity index (χ2v) is 8.20. The first-order valence-electron chi connectivity index (χ1n) is 10.1. The highest BCUT2D eigenvalue weighted by molar-refractivity contribution is 14.0. The number of para-hydroxylation sites is 2. The molecule has 1 saturated heterocycles. The molecule has 2 heterocycles. The Labute approximate surface area is 195 Å². The van der Waals surface area contributed by atoms with Crippen LogP contribution in [0.4, 0.5) is 5.69 Å². The molecule has 0 spiro atoms. The molecule has 0 saturated carbocycles. The molecule has 8 heteroatoms. The second kappa shape index (κ2) is 11.6. The van der Waals surface area contributed by atoms with E-state index in [4.69, 9.17) is 9.98 Å². The zero-order valence-corrected chi connectivity index (χ0v) is 20.7. The third-order valence-electron chi connectivity index (χ3n) is 5.00. The maximum absolute atomic E-state index is 10.1. The van der Waals surface area contributed by atoms with Gasteiger partial charge < -0.3 is 20.2 Å². The van der Waals surface area contributed by atoms with Gasteiger partial charge in [0.1, 0.15) is 5.75 Å². The number of guanidine groups is 1. The Hall–Kier alpha value is -1.55. The average Bonchev–Trinajstić information content (AvgIpc) is 3.07. The number of anilines is 1. The summed E-state index contributed by atoms with van der Waals surface area (Å²) in [6.45, 7) is 11.5. The fraction of sp³-hybridized carbons (Fsp3) is 0.524. The van der Waals surface area contributed by atoms with Crippen LogP contribution in [0.1, 0.15) is 29.4 Å². The van der Waals surface area contributed by atoms with Crippen LogP contribution in [0.25, 0.3) is 0 Å². The molecule has 2 N–H and O–H groups in total. The third kappa shape index (κ3) is 6.21. The van der Waals surface area contributed by atoms with Crippen molar-refractivity contribution in [3.05, 3.63) is 39.8 Å². The molecule has 0 unspecified atom stereocenters. The van der Waals surface area contributed by atoms with E-state index in [0.29, 0.717) is 5.75 Å². The summed E-state index contributed by atoms with van der Waals surface area (Å²) in [5.74, 6) is 1.32. The summed E-state index contributed by atoms with van der Waals surface area (Å²) < 4.78 is 0. The van der Waals surface area contributed by atoms with Gasteiger partial charge in [0, 0.05) is 50.6 Å². The van der Waals surface area contributed by atoms with E-state index in [-0.39, 0.29) is 24.0 Å². The third-order valence-corrected chi connectivity index (χ3v) is 6.07. The molecule has 0 radical (unpaired) electrons. The van der Waals surface area contributed by atoms with Gasteiger partial charge >= 0.3 is 0 Å². The maximum Gasteiger partial charge on any atom is 0.194 e. The van der Waals surface area contributed by atoms with Crippen LogP contribution in [-0.4, -0.2) is 60.2 Å². The number of nitrogens with zero attached hydrogens (tertiary/aromatic N) is 4. The Morgan fingerprint density at radius 1 is 1.21 bits per heavy atom. The molecular formula is C21H32IN5OS. The van der Waals surface area contributed by atoms with Crippen LogP contribution >= 0.6 is 35.3 Å². The molecule has 6 nitrogen and oxygen atoms in total. The van der Waals surface area contributed by atoms with Crippen molar-refractivity contribution < 1.29 is 5.11 Å². The van der Waals surface area contributed by atoms with E-state index in [0.717, 1.165) is 63.8 Å². The number of aliphatic imine (C=N–C) groups is 1. The van der Waals surface area contributed by atoms with Gasteiger partial charge in [-0.2, -0.15) is 0 Å². The topological polar surface area (TPSA) is 64.0 Å². The number of halogens is 1. The van der Waals surface area contributed by atoms with E-state index in [2.05, 4.69) is 35.9 Å². The minimum atomic E-state index is 0. The summed E-state index contributed by atoms with van der Waals surface area (Å²) in [7, 11) is 0. The lowest BCUT2D eigenvalue weighted by atomic mass is 10.2. The van der Waals surface area contributed by atoms with Crippen LogP contribution in [0.3, 0.4) is 0 Å². The predicted molar refractivity (Wildman–Crippen MR) is 133 cm³/mol. The van der Waals surface area contributed by atoms with Crippen molar-refractivity contribution in [2.75, 3.05) is 44.2 Å². The number of benzene rings is 1. The number of piperazine rings is 1. The highest BCUT2D eigenvalue weighted by atomic mass is 127. The first-order valence-corrected chi connectivity index (χ1v) is 10.9. The van der Waals surface area contributed by atoms with Gasteiger partial charge in [0.15, 0.2) is 5.96 Å². The first kappa shape index (κ1) is 23.7. The van der Waals surface area contributed by atoms with E-state index in [1.807, 2.05) is 18.2 Å². The van der Waals surface area contributed by atoms with Gasteiger partial charge in [-0.25, -0.2) is 4.98 Å². The minimum absolute atomic E-state index is 0. The smallest absolute Gasteiger partial charge is 0.194 e. The van der Waals surface area contributed by atoms with E-state index < -0.39 is 0 Å². The molecule has 0 bridgehead atoms. The monoisotopic (exact) mass is 529 g/mol. The lowest BCUT2D eigenvalue weighted by molar-refractivity contribution is 0.370. The van der Waals surface area contributed by atoms with Crippen LogP contribution in [0.5, 0.6) is 5.75 Å². The van der Waals surface area contributed by atoms with Crippen molar-refractivity contribution in [2.45, 2.75) is 33.6 Å². The molecule has 2 aromatic rings. The zero-order chi connectivity index (χ0) is 19.9. The van der Waals surface area contributed by atoms with Gasteiger partial charge in [0.25, 0.3) is 0 Å². The standard InChI is InChI=1S/C21H31N5OS.HI/c1-4-17-16(3)28-20(24-17)10-11-23-21(22-5-2)26-14-12-25(13-15-26)18-8-6-7-9-19(18)27;/h6-9,27H,4-5,10-15H2,1-3H3,(H,22,23);1H. The van der Waals surface area contributed by atoms with Crippen molar-refractivity contribution in [2.24, 2.45) is 4.99 Å². The zero-order valence-electron chi connectivity index (χ0n) is 17.5. The quantitative estimate of drug-likeness (QED) is 0.340. The molecule has 29 heavy (non-hydrogen) atoms. The molecule has 1 fully saturated rings. The number of hydrogen-bond acceptors (Lipinski definition) is 5. The molecule has 0 amide bonds. The van der Waals surface area contributed by atoms with Gasteiger partial charge in [0.05, 0.1) is 16.4 Å². The number of nitrogens with one attached hydrogen (secondary N) is 1. The van der Waals surface area contributed by atoms with Crippen LogP contribution in [0, 0.1) is 6.92 Å². The van der Waals surface area contributed by atoms with Crippen LogP contribution in [-0.2, 0) is 12.8 Å². The number of rotatable bonds is 6.